The van der Waals surface area contributed by atoms with Crippen LogP contribution in [0.25, 0.3) is 0 Å². The number of amides is 1. The van der Waals surface area contributed by atoms with E-state index in [1.165, 1.54) is 40.3 Å². The molecular formula is C19H18Cl2N4O10S2. The van der Waals surface area contributed by atoms with E-state index >= 15 is 0 Å². The number of sulfonamides is 1. The molecule has 0 radical (unpaired) electrons. The predicted molar refractivity (Wildman–Crippen MR) is 131 cm³/mol. The lowest BCUT2D eigenvalue weighted by Crippen LogP contribution is -2.40. The van der Waals surface area contributed by atoms with E-state index in [9.17, 15) is 27.6 Å². The molecule has 2 aromatic heterocycles. The molecule has 200 valence electrons. The summed E-state index contributed by atoms with van der Waals surface area (Å²) in [4.78, 5) is 45.4. The smallest absolute Gasteiger partial charge is 0.360 e. The number of nitrogens with zero attached hydrogens (tertiary/aromatic N) is 3. The molecule has 0 aliphatic rings. The van der Waals surface area contributed by atoms with Crippen molar-refractivity contribution < 1.29 is 42.5 Å². The fourth-order valence-electron chi connectivity index (χ4n) is 2.80. The number of benzene rings is 1. The van der Waals surface area contributed by atoms with E-state index in [4.69, 9.17) is 42.9 Å². The quantitative estimate of drug-likeness (QED) is 0.377. The van der Waals surface area contributed by atoms with Crippen LogP contribution in [0.2, 0.25) is 10.0 Å². The number of hydrogen-bond donors (Lipinski definition) is 3. The molecule has 14 nitrogen and oxygen atoms in total. The first-order chi connectivity index (χ1) is 17.2. The van der Waals surface area contributed by atoms with Crippen LogP contribution in [-0.2, 0) is 17.1 Å². The largest absolute Gasteiger partial charge is 0.494 e. The van der Waals surface area contributed by atoms with E-state index < -0.39 is 44.1 Å². The number of carboxylic acids is 2. The lowest BCUT2D eigenvalue weighted by Gasteiger charge is -2.07. The average Bonchev–Trinajstić information content (AvgIpc) is 3.35. The van der Waals surface area contributed by atoms with Gasteiger partial charge in [-0.1, -0.05) is 23.2 Å². The molecular weight excluding hydrogens is 579 g/mol. The molecule has 0 bridgehead atoms. The van der Waals surface area contributed by atoms with Gasteiger partial charge in [-0.2, -0.15) is 0 Å². The molecule has 0 spiro atoms. The van der Waals surface area contributed by atoms with E-state index in [2.05, 4.69) is 5.10 Å². The van der Waals surface area contributed by atoms with Crippen LogP contribution in [0, 0.1) is 6.92 Å². The lowest BCUT2D eigenvalue weighted by atomic mass is 10.2. The molecule has 0 atom stereocenters. The number of ether oxygens (including phenoxy) is 2. The molecule has 0 aliphatic heterocycles. The number of carboxylic acid groups (broad SMARTS) is 2. The number of methoxy groups -OCH3 is 2. The van der Waals surface area contributed by atoms with E-state index in [-0.39, 0.29) is 36.9 Å². The number of aromatic nitrogens is 3. The minimum atomic E-state index is -4.52. The van der Waals surface area contributed by atoms with Crippen molar-refractivity contribution in [3.05, 3.63) is 54.0 Å². The Morgan fingerprint density at radius 1 is 1.08 bits per heavy atom. The molecule has 1 amide bonds. The normalized spacial score (nSPS) is 10.8. The number of nitrogens with one attached hydrogen (secondary N) is 1. The molecule has 0 saturated carbocycles. The molecule has 3 rings (SSSR count). The monoisotopic (exact) mass is 596 g/mol. The molecule has 2 heterocycles. The second-order valence-electron chi connectivity index (χ2n) is 6.73. The third kappa shape index (κ3) is 6.22. The van der Waals surface area contributed by atoms with Crippen LogP contribution in [-0.4, -0.2) is 65.2 Å². The van der Waals surface area contributed by atoms with Gasteiger partial charge in [-0.05, 0) is 19.1 Å². The Labute approximate surface area is 222 Å². The predicted octanol–water partition coefficient (Wildman–Crippen LogP) is 2.31. The van der Waals surface area contributed by atoms with Crippen LogP contribution >= 0.6 is 34.5 Å². The zero-order valence-corrected chi connectivity index (χ0v) is 22.5. The van der Waals surface area contributed by atoms with E-state index in [0.717, 1.165) is 21.3 Å². The maximum atomic E-state index is 12.3. The van der Waals surface area contributed by atoms with Crippen LogP contribution in [0.1, 0.15) is 25.6 Å². The first-order valence-electron chi connectivity index (χ1n) is 9.51. The summed E-state index contributed by atoms with van der Waals surface area (Å²) in [6.07, 6.45) is 0. The van der Waals surface area contributed by atoms with Crippen molar-refractivity contribution in [1.82, 2.24) is 19.1 Å². The zero-order valence-electron chi connectivity index (χ0n) is 19.3. The second-order valence-corrected chi connectivity index (χ2v) is 10.3. The van der Waals surface area contributed by atoms with Gasteiger partial charge < -0.3 is 19.7 Å². The average molecular weight is 597 g/mol. The highest BCUT2D eigenvalue weighted by Crippen LogP contribution is 2.33. The Kier molecular flexibility index (Phi) is 9.32. The van der Waals surface area contributed by atoms with Crippen molar-refractivity contribution in [2.75, 3.05) is 14.2 Å². The van der Waals surface area contributed by atoms with Gasteiger partial charge in [0.05, 0.1) is 29.8 Å². The summed E-state index contributed by atoms with van der Waals surface area (Å²) in [7, 11) is -0.688. The third-order valence-electron chi connectivity index (χ3n) is 4.43. The number of carbonyl (C=O) groups is 3. The number of rotatable bonds is 6. The maximum absolute atomic E-state index is 12.3. The Morgan fingerprint density at radius 3 is 2.14 bits per heavy atom. The number of hydrogen-bond acceptors (Lipinski definition) is 10. The fourth-order valence-corrected chi connectivity index (χ4v) is 5.77. The van der Waals surface area contributed by atoms with Crippen LogP contribution in [0.3, 0.4) is 0 Å². The topological polar surface area (TPSA) is 196 Å². The van der Waals surface area contributed by atoms with Gasteiger partial charge in [0, 0.05) is 17.3 Å². The molecule has 3 N–H and O–H groups in total. The molecule has 0 fully saturated rings. The molecule has 0 unspecified atom stereocenters. The van der Waals surface area contributed by atoms with Crippen LogP contribution in [0.15, 0.2) is 27.2 Å². The maximum Gasteiger partial charge on any atom is 0.360 e. The zero-order chi connectivity index (χ0) is 28.2. The van der Waals surface area contributed by atoms with Gasteiger partial charge in [-0.3, -0.25) is 0 Å². The highest BCUT2D eigenvalue weighted by Gasteiger charge is 2.30. The standard InChI is InChI=1S/C11H12N4O7S2.C8H6Cl2O3/c1-5-7(6(4-23-5)8(16)17)24(20,21)13-9(18)15-11(19)14(2)10(12-15)22-3;1-13-7-5(10)3-2-4(9)6(7)8(11)12/h4H,1-3H3,(H,13,18)(H,16,17);2-3H,1H3,(H,11,12). The second kappa shape index (κ2) is 11.6. The Balaban J connectivity index is 0.000000312. The summed E-state index contributed by atoms with van der Waals surface area (Å²) in [5.74, 6) is -2.53. The highest BCUT2D eigenvalue weighted by molar-refractivity contribution is 7.90. The van der Waals surface area contributed by atoms with Gasteiger partial charge in [0.15, 0.2) is 5.75 Å². The minimum absolute atomic E-state index is 0.0849. The lowest BCUT2D eigenvalue weighted by molar-refractivity contribution is 0.0682. The Bertz CT molecular complexity index is 1540. The first-order valence-corrected chi connectivity index (χ1v) is 12.6. The van der Waals surface area contributed by atoms with Crippen molar-refractivity contribution in [2.24, 2.45) is 7.05 Å². The van der Waals surface area contributed by atoms with E-state index in [1.54, 1.807) is 4.72 Å². The molecule has 3 aromatic rings. The van der Waals surface area contributed by atoms with Crippen LogP contribution in [0.5, 0.6) is 11.8 Å². The van der Waals surface area contributed by atoms with Crippen LogP contribution in [0.4, 0.5) is 4.79 Å². The van der Waals surface area contributed by atoms with E-state index in [1.807, 2.05) is 0 Å². The number of halogens is 2. The van der Waals surface area contributed by atoms with Crippen molar-refractivity contribution in [3.63, 3.8) is 0 Å². The van der Waals surface area contributed by atoms with Crippen molar-refractivity contribution in [2.45, 2.75) is 11.8 Å². The van der Waals surface area contributed by atoms with Crippen molar-refractivity contribution >= 4 is 62.5 Å². The summed E-state index contributed by atoms with van der Waals surface area (Å²) < 4.78 is 37.0. The summed E-state index contributed by atoms with van der Waals surface area (Å²) >= 11 is 12.3. The number of aromatic carboxylic acids is 2. The van der Waals surface area contributed by atoms with Gasteiger partial charge in [0.25, 0.3) is 10.0 Å². The number of carbonyl (C=O) groups excluding carboxylic acids is 1. The molecule has 1 aromatic carbocycles. The van der Waals surface area contributed by atoms with Gasteiger partial charge >= 0.3 is 29.7 Å². The Hall–Kier alpha value is -3.60. The van der Waals surface area contributed by atoms with E-state index in [0.29, 0.717) is 0 Å². The molecule has 0 saturated heterocycles. The third-order valence-corrected chi connectivity index (χ3v) is 7.59. The SMILES string of the molecule is COc1c(Cl)ccc(Cl)c1C(=O)O.COc1nn(C(=O)NS(=O)(=O)c2c(C(=O)O)csc2C)c(=O)n1C. The fraction of sp³-hybridized carbons (Fsp3) is 0.211. The van der Waals surface area contributed by atoms with Gasteiger partial charge in [-0.25, -0.2) is 36.9 Å². The Morgan fingerprint density at radius 2 is 1.68 bits per heavy atom. The summed E-state index contributed by atoms with van der Waals surface area (Å²) in [6, 6.07) is 1.33. The summed E-state index contributed by atoms with van der Waals surface area (Å²) in [5.41, 5.74) is -1.51. The summed E-state index contributed by atoms with van der Waals surface area (Å²) in [6.45, 7) is 1.39. The van der Waals surface area contributed by atoms with Crippen molar-refractivity contribution in [3.8, 4) is 11.8 Å². The number of thiophene rings is 1. The molecule has 37 heavy (non-hydrogen) atoms. The molecule has 18 heteroatoms. The van der Waals surface area contributed by atoms with Gasteiger partial charge in [-0.15, -0.1) is 21.1 Å². The molecule has 0 aliphatic carbocycles. The van der Waals surface area contributed by atoms with Gasteiger partial charge in [0.2, 0.25) is 0 Å². The van der Waals surface area contributed by atoms with Crippen molar-refractivity contribution in [1.29, 1.82) is 0 Å². The minimum Gasteiger partial charge on any atom is -0.494 e. The van der Waals surface area contributed by atoms with Crippen LogP contribution < -0.4 is 19.9 Å². The van der Waals surface area contributed by atoms with Gasteiger partial charge in [0.1, 0.15) is 10.5 Å². The number of aryl methyl sites for hydroxylation is 1. The summed E-state index contributed by atoms with van der Waals surface area (Å²) in [5, 5.41) is 22.8. The highest BCUT2D eigenvalue weighted by atomic mass is 35.5. The first kappa shape index (κ1) is 29.6.